The molecule has 0 amide bonds. The monoisotopic (exact) mass is 388 g/mol. The number of hydrogen-bond acceptors (Lipinski definition) is 4. The molecule has 28 heavy (non-hydrogen) atoms. The first-order valence-electron chi connectivity index (χ1n) is 9.14. The van der Waals surface area contributed by atoms with Crippen LogP contribution in [0, 0.1) is 0 Å². The minimum absolute atomic E-state index is 0.164. The number of hydrogen-bond donors (Lipinski definition) is 1. The summed E-state index contributed by atoms with van der Waals surface area (Å²) in [6.07, 6.45) is -1.90. The molecule has 1 aromatic heterocycles. The van der Waals surface area contributed by atoms with Gasteiger partial charge in [0, 0.05) is 5.56 Å². The molecule has 0 unspecified atom stereocenters. The summed E-state index contributed by atoms with van der Waals surface area (Å²) in [6.45, 7) is 0. The standard InChI is InChI=1S/C20H19F3N4O/c21-20(22,23)15-10-8-13(9-11-15)12-14-4-1-2-5-16(14)19-24-26-27(25-19)17-6-3-7-18(17)28/h1-2,4-5,8-11,17-18,28H,3,6-7,12H2/t17-,18+/m0/s1. The molecule has 1 saturated carbocycles. The van der Waals surface area contributed by atoms with Crippen molar-refractivity contribution in [1.29, 1.82) is 0 Å². The van der Waals surface area contributed by atoms with Gasteiger partial charge in [0.1, 0.15) is 0 Å². The van der Waals surface area contributed by atoms with E-state index < -0.39 is 17.8 Å². The molecule has 1 N–H and O–H groups in total. The summed E-state index contributed by atoms with van der Waals surface area (Å²) in [5.74, 6) is 0.446. The van der Waals surface area contributed by atoms with E-state index in [1.54, 1.807) is 0 Å². The zero-order chi connectivity index (χ0) is 19.7. The quantitative estimate of drug-likeness (QED) is 0.733. The lowest BCUT2D eigenvalue weighted by Crippen LogP contribution is -2.20. The van der Waals surface area contributed by atoms with E-state index >= 15 is 0 Å². The van der Waals surface area contributed by atoms with Crippen molar-refractivity contribution < 1.29 is 18.3 Å². The van der Waals surface area contributed by atoms with Crippen LogP contribution in [0.1, 0.15) is 42.0 Å². The Hall–Kier alpha value is -2.74. The van der Waals surface area contributed by atoms with Gasteiger partial charge in [-0.05, 0) is 54.2 Å². The molecule has 2 aromatic carbocycles. The molecule has 0 spiro atoms. The molecule has 5 nitrogen and oxygen atoms in total. The summed E-state index contributed by atoms with van der Waals surface area (Å²) < 4.78 is 38.2. The second-order valence-electron chi connectivity index (χ2n) is 7.03. The highest BCUT2D eigenvalue weighted by Gasteiger charge is 2.30. The van der Waals surface area contributed by atoms with Crippen molar-refractivity contribution in [3.05, 3.63) is 65.2 Å². The summed E-state index contributed by atoms with van der Waals surface area (Å²) in [6, 6.07) is 12.5. The summed E-state index contributed by atoms with van der Waals surface area (Å²) in [5, 5.41) is 22.7. The van der Waals surface area contributed by atoms with Gasteiger partial charge in [0.25, 0.3) is 0 Å². The third-order valence-corrected chi connectivity index (χ3v) is 5.10. The van der Waals surface area contributed by atoms with Crippen LogP contribution in [0.2, 0.25) is 0 Å². The average molecular weight is 388 g/mol. The smallest absolute Gasteiger partial charge is 0.391 e. The molecule has 0 bridgehead atoms. The maximum atomic E-state index is 12.7. The number of halogens is 3. The number of aliphatic hydroxyl groups excluding tert-OH is 1. The summed E-state index contributed by atoms with van der Waals surface area (Å²) in [5.41, 5.74) is 1.78. The molecule has 1 fully saturated rings. The van der Waals surface area contributed by atoms with Gasteiger partial charge in [0.2, 0.25) is 5.82 Å². The van der Waals surface area contributed by atoms with E-state index in [-0.39, 0.29) is 6.04 Å². The Bertz CT molecular complexity index is 953. The van der Waals surface area contributed by atoms with Crippen molar-refractivity contribution in [3.63, 3.8) is 0 Å². The maximum absolute atomic E-state index is 12.7. The van der Waals surface area contributed by atoms with E-state index in [1.807, 2.05) is 24.3 Å². The van der Waals surface area contributed by atoms with Crippen LogP contribution in [0.15, 0.2) is 48.5 Å². The van der Waals surface area contributed by atoms with Gasteiger partial charge < -0.3 is 5.11 Å². The Balaban J connectivity index is 1.58. The molecule has 0 radical (unpaired) electrons. The first kappa shape index (κ1) is 18.6. The molecular weight excluding hydrogens is 369 g/mol. The highest BCUT2D eigenvalue weighted by Crippen LogP contribution is 2.31. The summed E-state index contributed by atoms with van der Waals surface area (Å²) in [4.78, 5) is 1.47. The topological polar surface area (TPSA) is 63.8 Å². The molecule has 8 heteroatoms. The SMILES string of the molecule is O[C@@H]1CCC[C@@H]1n1nnc(-c2ccccc2Cc2ccc(C(F)(F)F)cc2)n1. The van der Waals surface area contributed by atoms with Crippen LogP contribution in [0.5, 0.6) is 0 Å². The van der Waals surface area contributed by atoms with Crippen LogP contribution in [-0.2, 0) is 12.6 Å². The highest BCUT2D eigenvalue weighted by atomic mass is 19.4. The van der Waals surface area contributed by atoms with E-state index in [0.29, 0.717) is 12.2 Å². The van der Waals surface area contributed by atoms with Crippen LogP contribution in [-0.4, -0.2) is 31.4 Å². The molecule has 0 saturated heterocycles. The van der Waals surface area contributed by atoms with Crippen molar-refractivity contribution >= 4 is 0 Å². The van der Waals surface area contributed by atoms with E-state index in [9.17, 15) is 18.3 Å². The zero-order valence-electron chi connectivity index (χ0n) is 15.0. The lowest BCUT2D eigenvalue weighted by atomic mass is 9.98. The van der Waals surface area contributed by atoms with Crippen LogP contribution >= 0.6 is 0 Å². The second kappa shape index (κ2) is 7.35. The normalized spacial score (nSPS) is 19.9. The van der Waals surface area contributed by atoms with Gasteiger partial charge in [-0.15, -0.1) is 10.2 Å². The largest absolute Gasteiger partial charge is 0.416 e. The van der Waals surface area contributed by atoms with Gasteiger partial charge in [-0.1, -0.05) is 36.4 Å². The molecule has 0 aliphatic heterocycles. The van der Waals surface area contributed by atoms with Gasteiger partial charge >= 0.3 is 6.18 Å². The molecule has 3 aromatic rings. The van der Waals surface area contributed by atoms with Gasteiger partial charge in [0.15, 0.2) is 0 Å². The van der Waals surface area contributed by atoms with Crippen molar-refractivity contribution in [1.82, 2.24) is 20.2 Å². The van der Waals surface area contributed by atoms with E-state index in [2.05, 4.69) is 15.4 Å². The predicted molar refractivity (Wildman–Crippen MR) is 96.4 cm³/mol. The van der Waals surface area contributed by atoms with Crippen molar-refractivity contribution in [2.24, 2.45) is 0 Å². The Kier molecular flexibility index (Phi) is 4.89. The molecule has 4 rings (SSSR count). The molecule has 1 aliphatic carbocycles. The highest BCUT2D eigenvalue weighted by molar-refractivity contribution is 5.60. The Labute approximate surface area is 159 Å². The van der Waals surface area contributed by atoms with Crippen LogP contribution in [0.3, 0.4) is 0 Å². The van der Waals surface area contributed by atoms with Gasteiger partial charge in [0.05, 0.1) is 17.7 Å². The first-order chi connectivity index (χ1) is 13.4. The average Bonchev–Trinajstić information content (AvgIpc) is 3.31. The molecule has 146 valence electrons. The minimum Gasteiger partial charge on any atom is -0.391 e. The number of tetrazole rings is 1. The third kappa shape index (κ3) is 3.77. The van der Waals surface area contributed by atoms with E-state index in [4.69, 9.17) is 0 Å². The van der Waals surface area contributed by atoms with E-state index in [1.165, 1.54) is 16.9 Å². The number of benzene rings is 2. The number of rotatable bonds is 4. The zero-order valence-corrected chi connectivity index (χ0v) is 15.0. The summed E-state index contributed by atoms with van der Waals surface area (Å²) in [7, 11) is 0. The summed E-state index contributed by atoms with van der Waals surface area (Å²) >= 11 is 0. The number of aliphatic hydroxyl groups is 1. The fraction of sp³-hybridized carbons (Fsp3) is 0.350. The fourth-order valence-corrected chi connectivity index (χ4v) is 3.59. The second-order valence-corrected chi connectivity index (χ2v) is 7.03. The van der Waals surface area contributed by atoms with Gasteiger partial charge in [-0.25, -0.2) is 0 Å². The molecule has 2 atom stereocenters. The number of nitrogens with zero attached hydrogens (tertiary/aromatic N) is 4. The van der Waals surface area contributed by atoms with Crippen LogP contribution < -0.4 is 0 Å². The van der Waals surface area contributed by atoms with Crippen LogP contribution in [0.4, 0.5) is 13.2 Å². The molecule has 1 heterocycles. The predicted octanol–water partition coefficient (Wildman–Crippen LogP) is 4.04. The third-order valence-electron chi connectivity index (χ3n) is 5.10. The lowest BCUT2D eigenvalue weighted by molar-refractivity contribution is -0.137. The van der Waals surface area contributed by atoms with Gasteiger partial charge in [-0.2, -0.15) is 18.0 Å². The first-order valence-corrected chi connectivity index (χ1v) is 9.14. The molecule has 1 aliphatic rings. The number of alkyl halides is 3. The minimum atomic E-state index is -4.34. The number of aromatic nitrogens is 4. The van der Waals surface area contributed by atoms with E-state index in [0.717, 1.165) is 48.1 Å². The van der Waals surface area contributed by atoms with Crippen LogP contribution in [0.25, 0.3) is 11.4 Å². The van der Waals surface area contributed by atoms with Crippen molar-refractivity contribution in [3.8, 4) is 11.4 Å². The van der Waals surface area contributed by atoms with Crippen molar-refractivity contribution in [2.75, 3.05) is 0 Å². The Morgan fingerprint density at radius 2 is 1.79 bits per heavy atom. The fourth-order valence-electron chi connectivity index (χ4n) is 3.59. The maximum Gasteiger partial charge on any atom is 0.416 e. The van der Waals surface area contributed by atoms with Crippen molar-refractivity contribution in [2.45, 2.75) is 44.0 Å². The Morgan fingerprint density at radius 1 is 1.04 bits per heavy atom. The van der Waals surface area contributed by atoms with Gasteiger partial charge in [-0.3, -0.25) is 0 Å². The molecular formula is C20H19F3N4O. The lowest BCUT2D eigenvalue weighted by Gasteiger charge is -2.12. The Morgan fingerprint density at radius 3 is 2.46 bits per heavy atom.